The van der Waals surface area contributed by atoms with Crippen LogP contribution in [0.25, 0.3) is 0 Å². The van der Waals surface area contributed by atoms with Crippen LogP contribution in [0.1, 0.15) is 91.5 Å². The molecule has 0 atom stereocenters. The van der Waals surface area contributed by atoms with Gasteiger partial charge in [-0.05, 0) is 37.0 Å². The Labute approximate surface area is 166 Å². The van der Waals surface area contributed by atoms with Gasteiger partial charge in [-0.25, -0.2) is 9.59 Å². The van der Waals surface area contributed by atoms with E-state index in [2.05, 4.69) is 6.92 Å². The third kappa shape index (κ3) is 7.59. The van der Waals surface area contributed by atoms with E-state index < -0.39 is 27.0 Å². The van der Waals surface area contributed by atoms with E-state index in [0.29, 0.717) is 19.3 Å². The Hall–Kier alpha value is -1.93. The second kappa shape index (κ2) is 11.8. The summed E-state index contributed by atoms with van der Waals surface area (Å²) in [5.41, 5.74) is -0.168. The predicted molar refractivity (Wildman–Crippen MR) is 105 cm³/mol. The van der Waals surface area contributed by atoms with Crippen molar-refractivity contribution in [1.82, 2.24) is 0 Å². The van der Waals surface area contributed by atoms with Crippen molar-refractivity contribution in [2.45, 2.75) is 76.5 Å². The summed E-state index contributed by atoms with van der Waals surface area (Å²) in [5.74, 6) is -2.12. The molecule has 0 aliphatic carbocycles. The SMILES string of the molecule is CCCCCCOC(=O)c1cc(S(=O)(=O)O)cc(C(=O)O)c1CCCCCC. The van der Waals surface area contributed by atoms with Gasteiger partial charge in [-0.15, -0.1) is 0 Å². The van der Waals surface area contributed by atoms with Gasteiger partial charge in [-0.3, -0.25) is 4.55 Å². The zero-order valence-electron chi connectivity index (χ0n) is 16.6. The minimum atomic E-state index is -4.66. The lowest BCUT2D eigenvalue weighted by Crippen LogP contribution is -2.16. The maximum Gasteiger partial charge on any atom is 0.338 e. The molecule has 0 amide bonds. The summed E-state index contributed by atoms with van der Waals surface area (Å²) in [6.45, 7) is 4.28. The third-order valence-corrected chi connectivity index (χ3v) is 5.31. The van der Waals surface area contributed by atoms with Gasteiger partial charge in [-0.2, -0.15) is 8.42 Å². The van der Waals surface area contributed by atoms with E-state index in [1.807, 2.05) is 6.92 Å². The van der Waals surface area contributed by atoms with Crippen LogP contribution < -0.4 is 0 Å². The van der Waals surface area contributed by atoms with Crippen LogP contribution in [0.5, 0.6) is 0 Å². The van der Waals surface area contributed by atoms with E-state index in [9.17, 15) is 27.7 Å². The van der Waals surface area contributed by atoms with E-state index in [-0.39, 0.29) is 23.3 Å². The summed E-state index contributed by atoms with van der Waals surface area (Å²) in [4.78, 5) is 23.6. The average Bonchev–Trinajstić information content (AvgIpc) is 2.63. The Morgan fingerprint density at radius 1 is 0.929 bits per heavy atom. The Morgan fingerprint density at radius 2 is 1.50 bits per heavy atom. The Kier molecular flexibility index (Phi) is 10.2. The van der Waals surface area contributed by atoms with E-state index in [1.165, 1.54) is 0 Å². The molecule has 0 aliphatic heterocycles. The van der Waals surface area contributed by atoms with Crippen molar-refractivity contribution >= 4 is 22.1 Å². The van der Waals surface area contributed by atoms with Crippen molar-refractivity contribution in [2.75, 3.05) is 6.61 Å². The Balaban J connectivity index is 3.20. The first-order chi connectivity index (χ1) is 13.2. The monoisotopic (exact) mass is 414 g/mol. The molecule has 7 nitrogen and oxygen atoms in total. The lowest BCUT2D eigenvalue weighted by molar-refractivity contribution is 0.0496. The van der Waals surface area contributed by atoms with Gasteiger partial charge in [0, 0.05) is 0 Å². The zero-order valence-corrected chi connectivity index (χ0v) is 17.4. The molecule has 0 saturated heterocycles. The minimum Gasteiger partial charge on any atom is -0.478 e. The fraction of sp³-hybridized carbons (Fsp3) is 0.600. The number of hydrogen-bond acceptors (Lipinski definition) is 5. The highest BCUT2D eigenvalue weighted by Crippen LogP contribution is 2.25. The van der Waals surface area contributed by atoms with Crippen molar-refractivity contribution in [3.8, 4) is 0 Å². The fourth-order valence-electron chi connectivity index (χ4n) is 2.94. The first-order valence-corrected chi connectivity index (χ1v) is 11.2. The van der Waals surface area contributed by atoms with Crippen LogP contribution in [0.4, 0.5) is 0 Å². The van der Waals surface area contributed by atoms with E-state index >= 15 is 0 Å². The number of benzene rings is 1. The van der Waals surface area contributed by atoms with Crippen LogP contribution in [0.3, 0.4) is 0 Å². The maximum atomic E-state index is 12.5. The Bertz CT molecular complexity index is 769. The first kappa shape index (κ1) is 24.1. The molecular weight excluding hydrogens is 384 g/mol. The number of carboxylic acid groups (broad SMARTS) is 1. The molecule has 0 radical (unpaired) electrons. The van der Waals surface area contributed by atoms with Crippen molar-refractivity contribution in [3.05, 3.63) is 28.8 Å². The van der Waals surface area contributed by atoms with Gasteiger partial charge in [0.1, 0.15) is 0 Å². The quantitative estimate of drug-likeness (QED) is 0.277. The number of unbranched alkanes of at least 4 members (excludes halogenated alkanes) is 6. The molecule has 2 N–H and O–H groups in total. The van der Waals surface area contributed by atoms with Gasteiger partial charge in [-0.1, -0.05) is 52.4 Å². The first-order valence-electron chi connectivity index (χ1n) is 9.77. The molecule has 158 valence electrons. The largest absolute Gasteiger partial charge is 0.478 e. The van der Waals surface area contributed by atoms with Crippen molar-refractivity contribution in [1.29, 1.82) is 0 Å². The minimum absolute atomic E-state index is 0.112. The summed E-state index contributed by atoms with van der Waals surface area (Å²) >= 11 is 0. The zero-order chi connectivity index (χ0) is 21.2. The normalized spacial score (nSPS) is 11.4. The molecule has 0 aromatic heterocycles. The standard InChI is InChI=1S/C20H30O7S/c1-3-5-7-9-11-16-17(19(21)22)13-15(28(24,25)26)14-18(16)20(23)27-12-10-8-6-4-2/h13-14H,3-12H2,1-2H3,(H,21,22)(H,24,25,26). The summed E-state index contributed by atoms with van der Waals surface area (Å²) < 4.78 is 37.6. The number of carboxylic acids is 1. The highest BCUT2D eigenvalue weighted by molar-refractivity contribution is 7.85. The van der Waals surface area contributed by atoms with E-state index in [0.717, 1.165) is 50.7 Å². The van der Waals surface area contributed by atoms with Crippen LogP contribution in [-0.2, 0) is 21.3 Å². The number of rotatable bonds is 13. The second-order valence-corrected chi connectivity index (χ2v) is 8.21. The van der Waals surface area contributed by atoms with Gasteiger partial charge < -0.3 is 9.84 Å². The van der Waals surface area contributed by atoms with Crippen LogP contribution in [-0.4, -0.2) is 36.6 Å². The molecule has 0 bridgehead atoms. The maximum absolute atomic E-state index is 12.5. The third-order valence-electron chi connectivity index (χ3n) is 4.48. The summed E-state index contributed by atoms with van der Waals surface area (Å²) in [5, 5.41) is 9.51. The molecule has 1 aromatic rings. The molecule has 8 heteroatoms. The molecule has 0 saturated carbocycles. The van der Waals surface area contributed by atoms with Crippen molar-refractivity contribution in [2.24, 2.45) is 0 Å². The van der Waals surface area contributed by atoms with Crippen LogP contribution in [0, 0.1) is 0 Å². The lowest BCUT2D eigenvalue weighted by Gasteiger charge is -2.14. The molecule has 0 unspecified atom stereocenters. The van der Waals surface area contributed by atoms with Gasteiger partial charge in [0.25, 0.3) is 10.1 Å². The number of carbonyl (C=O) groups excluding carboxylic acids is 1. The highest BCUT2D eigenvalue weighted by atomic mass is 32.2. The molecular formula is C20H30O7S. The molecule has 1 aromatic carbocycles. The summed E-state index contributed by atoms with van der Waals surface area (Å²) in [6, 6.07) is 1.90. The van der Waals surface area contributed by atoms with Crippen molar-refractivity contribution < 1.29 is 32.4 Å². The van der Waals surface area contributed by atoms with Gasteiger partial charge in [0.05, 0.1) is 22.6 Å². The number of esters is 1. The van der Waals surface area contributed by atoms with Gasteiger partial charge in [0.2, 0.25) is 0 Å². The number of aromatic carboxylic acids is 1. The van der Waals surface area contributed by atoms with E-state index in [1.54, 1.807) is 0 Å². The van der Waals surface area contributed by atoms with E-state index in [4.69, 9.17) is 4.74 Å². The number of carbonyl (C=O) groups is 2. The van der Waals surface area contributed by atoms with Gasteiger partial charge >= 0.3 is 11.9 Å². The summed E-state index contributed by atoms with van der Waals surface area (Å²) in [6.07, 6.45) is 7.44. The van der Waals surface area contributed by atoms with Crippen molar-refractivity contribution in [3.63, 3.8) is 0 Å². The van der Waals surface area contributed by atoms with Crippen LogP contribution >= 0.6 is 0 Å². The van der Waals surface area contributed by atoms with Crippen LogP contribution in [0.15, 0.2) is 17.0 Å². The topological polar surface area (TPSA) is 118 Å². The molecule has 0 spiro atoms. The predicted octanol–water partition coefficient (Wildman–Crippen LogP) is 4.49. The van der Waals surface area contributed by atoms with Crippen LogP contribution in [0.2, 0.25) is 0 Å². The van der Waals surface area contributed by atoms with Gasteiger partial charge in [0.15, 0.2) is 0 Å². The highest BCUT2D eigenvalue weighted by Gasteiger charge is 2.24. The fourth-order valence-corrected chi connectivity index (χ4v) is 3.47. The molecule has 1 rings (SSSR count). The molecule has 0 heterocycles. The lowest BCUT2D eigenvalue weighted by atomic mass is 9.95. The second-order valence-electron chi connectivity index (χ2n) is 6.78. The summed E-state index contributed by atoms with van der Waals surface area (Å²) in [7, 11) is -4.66. The smallest absolute Gasteiger partial charge is 0.338 e. The molecule has 28 heavy (non-hydrogen) atoms. The number of ether oxygens (including phenoxy) is 1. The molecule has 0 fully saturated rings. The molecule has 0 aliphatic rings. The number of hydrogen-bond donors (Lipinski definition) is 2. The Morgan fingerprint density at radius 3 is 2.04 bits per heavy atom. The average molecular weight is 415 g/mol.